The fourth-order valence-corrected chi connectivity index (χ4v) is 1.45. The van der Waals surface area contributed by atoms with Crippen LogP contribution < -0.4 is 5.73 Å². The number of ether oxygens (including phenoxy) is 1. The van der Waals surface area contributed by atoms with E-state index >= 15 is 0 Å². The summed E-state index contributed by atoms with van der Waals surface area (Å²) in [4.78, 5) is 4.39. The number of nitrogens with zero attached hydrogens (tertiary/aromatic N) is 2. The third kappa shape index (κ3) is 3.60. The molecule has 1 unspecified atom stereocenters. The number of aromatic amines is 1. The molecule has 1 atom stereocenters. The van der Waals surface area contributed by atoms with E-state index in [-0.39, 0.29) is 6.10 Å². The first-order valence-corrected chi connectivity index (χ1v) is 5.45. The summed E-state index contributed by atoms with van der Waals surface area (Å²) in [6, 6.07) is 0. The molecule has 0 saturated heterocycles. The number of nitrogens with one attached hydrogen (secondary N) is 1. The van der Waals surface area contributed by atoms with Crippen LogP contribution in [0.3, 0.4) is 0 Å². The van der Waals surface area contributed by atoms with Gasteiger partial charge in [0.25, 0.3) is 0 Å². The predicted octanol–water partition coefficient (Wildman–Crippen LogP) is 1.18. The second kappa shape index (κ2) is 6.53. The molecule has 0 radical (unpaired) electrons. The molecule has 0 aliphatic carbocycles. The number of aromatic nitrogens is 3. The van der Waals surface area contributed by atoms with E-state index < -0.39 is 0 Å². The average Bonchev–Trinajstić information content (AvgIpc) is 2.71. The molecule has 86 valence electrons. The lowest BCUT2D eigenvalue weighted by Gasteiger charge is -2.09. The standard InChI is InChI=1S/C10H20N4O/c1-3-5-8(15-2)10-12-9(13-14-10)6-4-7-11/h8H,3-7,11H2,1-2H3,(H,12,13,14). The van der Waals surface area contributed by atoms with E-state index in [1.807, 2.05) is 0 Å². The maximum atomic E-state index is 5.43. The normalized spacial score (nSPS) is 13.0. The van der Waals surface area contributed by atoms with Crippen molar-refractivity contribution < 1.29 is 4.74 Å². The molecule has 0 spiro atoms. The van der Waals surface area contributed by atoms with Crippen LogP contribution >= 0.6 is 0 Å². The summed E-state index contributed by atoms with van der Waals surface area (Å²) < 4.78 is 5.32. The van der Waals surface area contributed by atoms with Crippen LogP contribution in [0.5, 0.6) is 0 Å². The molecule has 0 aliphatic rings. The Bertz CT molecular complexity index is 274. The first-order chi connectivity index (χ1) is 7.31. The minimum Gasteiger partial charge on any atom is -0.373 e. The Balaban J connectivity index is 2.56. The van der Waals surface area contributed by atoms with Gasteiger partial charge in [-0.2, -0.15) is 5.10 Å². The van der Waals surface area contributed by atoms with Crippen LogP contribution in [0.4, 0.5) is 0 Å². The van der Waals surface area contributed by atoms with Crippen molar-refractivity contribution in [1.29, 1.82) is 0 Å². The van der Waals surface area contributed by atoms with Gasteiger partial charge in [-0.1, -0.05) is 13.3 Å². The summed E-state index contributed by atoms with van der Waals surface area (Å²) in [5.74, 6) is 1.65. The summed E-state index contributed by atoms with van der Waals surface area (Å²) in [5, 5.41) is 7.07. The maximum absolute atomic E-state index is 5.43. The number of hydrogen-bond donors (Lipinski definition) is 2. The number of rotatable bonds is 7. The number of H-pyrrole nitrogens is 1. The highest BCUT2D eigenvalue weighted by Crippen LogP contribution is 2.17. The topological polar surface area (TPSA) is 76.8 Å². The molecule has 1 aromatic rings. The summed E-state index contributed by atoms with van der Waals surface area (Å²) >= 11 is 0. The molecule has 0 bridgehead atoms. The molecule has 15 heavy (non-hydrogen) atoms. The van der Waals surface area contributed by atoms with E-state index in [4.69, 9.17) is 10.5 Å². The molecule has 0 saturated carbocycles. The Kier molecular flexibility index (Phi) is 5.28. The summed E-state index contributed by atoms with van der Waals surface area (Å²) in [7, 11) is 1.69. The minimum atomic E-state index is 0.0119. The van der Waals surface area contributed by atoms with Gasteiger partial charge in [-0.15, -0.1) is 0 Å². The first kappa shape index (κ1) is 12.1. The molecule has 0 amide bonds. The smallest absolute Gasteiger partial charge is 0.179 e. The van der Waals surface area contributed by atoms with Crippen LogP contribution in [0.25, 0.3) is 0 Å². The van der Waals surface area contributed by atoms with E-state index in [0.29, 0.717) is 6.54 Å². The van der Waals surface area contributed by atoms with Crippen molar-refractivity contribution in [3.63, 3.8) is 0 Å². The van der Waals surface area contributed by atoms with Gasteiger partial charge in [0.15, 0.2) is 5.82 Å². The average molecular weight is 212 g/mol. The molecule has 0 aromatic carbocycles. The maximum Gasteiger partial charge on any atom is 0.179 e. The fourth-order valence-electron chi connectivity index (χ4n) is 1.45. The molecule has 1 aromatic heterocycles. The van der Waals surface area contributed by atoms with E-state index in [0.717, 1.165) is 37.3 Å². The highest BCUT2D eigenvalue weighted by molar-refractivity contribution is 4.94. The van der Waals surface area contributed by atoms with E-state index in [1.54, 1.807) is 7.11 Å². The van der Waals surface area contributed by atoms with Crippen LogP contribution in [0.2, 0.25) is 0 Å². The van der Waals surface area contributed by atoms with Crippen molar-refractivity contribution >= 4 is 0 Å². The number of aryl methyl sites for hydroxylation is 1. The molecular weight excluding hydrogens is 192 g/mol. The molecule has 0 aliphatic heterocycles. The molecule has 1 rings (SSSR count). The summed E-state index contributed by atoms with van der Waals surface area (Å²) in [6.45, 7) is 2.80. The molecular formula is C10H20N4O. The lowest BCUT2D eigenvalue weighted by Crippen LogP contribution is -2.04. The van der Waals surface area contributed by atoms with Gasteiger partial charge in [0.1, 0.15) is 11.9 Å². The molecule has 0 fully saturated rings. The van der Waals surface area contributed by atoms with Crippen LogP contribution in [-0.2, 0) is 11.2 Å². The van der Waals surface area contributed by atoms with E-state index in [2.05, 4.69) is 22.1 Å². The van der Waals surface area contributed by atoms with Gasteiger partial charge in [0.2, 0.25) is 0 Å². The largest absolute Gasteiger partial charge is 0.373 e. The van der Waals surface area contributed by atoms with Gasteiger partial charge < -0.3 is 10.5 Å². The monoisotopic (exact) mass is 212 g/mol. The number of methoxy groups -OCH3 is 1. The predicted molar refractivity (Wildman–Crippen MR) is 58.4 cm³/mol. The van der Waals surface area contributed by atoms with Crippen molar-refractivity contribution in [3.05, 3.63) is 11.6 Å². The third-order valence-corrected chi connectivity index (χ3v) is 2.29. The zero-order valence-electron chi connectivity index (χ0n) is 9.49. The van der Waals surface area contributed by atoms with Gasteiger partial charge in [-0.05, 0) is 19.4 Å². The highest BCUT2D eigenvalue weighted by Gasteiger charge is 2.14. The van der Waals surface area contributed by atoms with Crippen LogP contribution in [0, 0.1) is 0 Å². The Hall–Kier alpha value is -0.940. The Morgan fingerprint density at radius 3 is 2.93 bits per heavy atom. The van der Waals surface area contributed by atoms with Crippen molar-refractivity contribution in [3.8, 4) is 0 Å². The Morgan fingerprint density at radius 2 is 2.33 bits per heavy atom. The van der Waals surface area contributed by atoms with Crippen LogP contribution in [0.15, 0.2) is 0 Å². The van der Waals surface area contributed by atoms with Crippen molar-refractivity contribution in [1.82, 2.24) is 15.2 Å². The van der Waals surface area contributed by atoms with Gasteiger partial charge >= 0.3 is 0 Å². The second-order valence-electron chi connectivity index (χ2n) is 3.55. The number of hydrogen-bond acceptors (Lipinski definition) is 4. The third-order valence-electron chi connectivity index (χ3n) is 2.29. The first-order valence-electron chi connectivity index (χ1n) is 5.45. The van der Waals surface area contributed by atoms with Gasteiger partial charge in [0, 0.05) is 13.5 Å². The van der Waals surface area contributed by atoms with Crippen molar-refractivity contribution in [2.24, 2.45) is 5.73 Å². The van der Waals surface area contributed by atoms with Crippen LogP contribution in [-0.4, -0.2) is 28.8 Å². The van der Waals surface area contributed by atoms with Gasteiger partial charge in [0.05, 0.1) is 0 Å². The fraction of sp³-hybridized carbons (Fsp3) is 0.800. The van der Waals surface area contributed by atoms with Crippen molar-refractivity contribution in [2.75, 3.05) is 13.7 Å². The molecule has 5 heteroatoms. The Labute approximate surface area is 90.4 Å². The zero-order valence-corrected chi connectivity index (χ0v) is 9.49. The quantitative estimate of drug-likeness (QED) is 0.711. The van der Waals surface area contributed by atoms with Crippen molar-refractivity contribution in [2.45, 2.75) is 38.7 Å². The lowest BCUT2D eigenvalue weighted by atomic mass is 10.2. The SMILES string of the molecule is CCCC(OC)c1n[nH]c(CCCN)n1. The minimum absolute atomic E-state index is 0.0119. The molecule has 1 heterocycles. The molecule has 3 N–H and O–H groups in total. The Morgan fingerprint density at radius 1 is 1.53 bits per heavy atom. The molecule has 5 nitrogen and oxygen atoms in total. The number of nitrogens with two attached hydrogens (primary N) is 1. The highest BCUT2D eigenvalue weighted by atomic mass is 16.5. The zero-order chi connectivity index (χ0) is 11.1. The lowest BCUT2D eigenvalue weighted by molar-refractivity contribution is 0.0879. The van der Waals surface area contributed by atoms with E-state index in [1.165, 1.54) is 0 Å². The summed E-state index contributed by atoms with van der Waals surface area (Å²) in [5.41, 5.74) is 5.43. The second-order valence-corrected chi connectivity index (χ2v) is 3.55. The van der Waals surface area contributed by atoms with Gasteiger partial charge in [-0.3, -0.25) is 5.10 Å². The van der Waals surface area contributed by atoms with Crippen LogP contribution in [0.1, 0.15) is 43.9 Å². The summed E-state index contributed by atoms with van der Waals surface area (Å²) in [6.07, 6.45) is 3.81. The van der Waals surface area contributed by atoms with E-state index in [9.17, 15) is 0 Å². The van der Waals surface area contributed by atoms with Gasteiger partial charge in [-0.25, -0.2) is 4.98 Å².